The van der Waals surface area contributed by atoms with Crippen molar-refractivity contribution in [2.24, 2.45) is 0 Å². The van der Waals surface area contributed by atoms with Crippen molar-refractivity contribution in [3.63, 3.8) is 0 Å². The first-order valence-electron chi connectivity index (χ1n) is 9.93. The van der Waals surface area contributed by atoms with E-state index in [4.69, 9.17) is 16.3 Å². The van der Waals surface area contributed by atoms with Gasteiger partial charge in [0.05, 0.1) is 0 Å². The molecule has 0 spiro atoms. The van der Waals surface area contributed by atoms with Gasteiger partial charge in [-0.1, -0.05) is 37.6 Å². The Balaban J connectivity index is 0.000000307. The molecule has 1 aromatic heterocycles. The molecule has 8 heteroatoms. The quantitative estimate of drug-likeness (QED) is 0.375. The predicted molar refractivity (Wildman–Crippen MR) is 130 cm³/mol. The summed E-state index contributed by atoms with van der Waals surface area (Å²) in [5.41, 5.74) is 2.56. The molecule has 1 heterocycles. The zero-order valence-electron chi connectivity index (χ0n) is 18.6. The molecule has 0 fully saturated rings. The van der Waals surface area contributed by atoms with E-state index in [2.05, 4.69) is 5.32 Å². The third-order valence-corrected chi connectivity index (χ3v) is 5.28. The first-order valence-corrected chi connectivity index (χ1v) is 11.2. The Morgan fingerprint density at radius 2 is 1.84 bits per heavy atom. The largest absolute Gasteiger partial charge is 0.483 e. The summed E-state index contributed by atoms with van der Waals surface area (Å²) in [5.74, 6) is -0.690. The number of ether oxygens (including phenoxy) is 1. The zero-order chi connectivity index (χ0) is 24.3. The van der Waals surface area contributed by atoms with E-state index in [1.165, 1.54) is 29.5 Å². The van der Waals surface area contributed by atoms with Gasteiger partial charge in [-0.2, -0.15) is 0 Å². The van der Waals surface area contributed by atoms with Crippen LogP contribution >= 0.6 is 22.9 Å². The van der Waals surface area contributed by atoms with Gasteiger partial charge in [0.15, 0.2) is 12.4 Å². The maximum atomic E-state index is 12.6. The summed E-state index contributed by atoms with van der Waals surface area (Å²) in [6.45, 7) is 7.37. The Hall–Kier alpha value is -2.90. The number of aromatic carboxylic acids is 1. The van der Waals surface area contributed by atoms with Crippen molar-refractivity contribution in [2.45, 2.75) is 33.8 Å². The van der Waals surface area contributed by atoms with Crippen LogP contribution in [0.3, 0.4) is 0 Å². The third kappa shape index (κ3) is 7.66. The molecule has 0 amide bonds. The highest BCUT2D eigenvalue weighted by atomic mass is 35.5. The number of benzene rings is 2. The van der Waals surface area contributed by atoms with Crippen LogP contribution in [0.1, 0.15) is 36.7 Å². The Labute approximate surface area is 196 Å². The molecular formula is C24H27ClFNO4S. The molecule has 0 bridgehead atoms. The summed E-state index contributed by atoms with van der Waals surface area (Å²) in [6.07, 6.45) is 0.201. The molecule has 0 radical (unpaired) electrons. The number of anilines is 1. The number of carbonyl (C=O) groups excluding carboxylic acids is 1. The summed E-state index contributed by atoms with van der Waals surface area (Å²) in [4.78, 5) is 21.5. The lowest BCUT2D eigenvalue weighted by Gasteiger charge is -2.10. The minimum atomic E-state index is -0.930. The Morgan fingerprint density at radius 1 is 1.22 bits per heavy atom. The van der Waals surface area contributed by atoms with Crippen LogP contribution in [0, 0.1) is 12.7 Å². The van der Waals surface area contributed by atoms with Crippen molar-refractivity contribution in [2.75, 3.05) is 12.4 Å². The third-order valence-electron chi connectivity index (χ3n) is 4.03. The summed E-state index contributed by atoms with van der Waals surface area (Å²) in [7, 11) is 1.71. The van der Waals surface area contributed by atoms with Gasteiger partial charge in [-0.15, -0.1) is 11.3 Å². The number of hydrogen-bond acceptors (Lipinski definition) is 5. The lowest BCUT2D eigenvalue weighted by atomic mass is 10.0. The molecular weight excluding hydrogens is 453 g/mol. The van der Waals surface area contributed by atoms with Crippen molar-refractivity contribution >= 4 is 40.2 Å². The van der Waals surface area contributed by atoms with Crippen molar-refractivity contribution < 1.29 is 23.8 Å². The second kappa shape index (κ2) is 13.5. The summed E-state index contributed by atoms with van der Waals surface area (Å²) < 4.78 is 17.9. The van der Waals surface area contributed by atoms with Crippen LogP contribution in [0.5, 0.6) is 5.75 Å². The Bertz CT molecular complexity index is 1020. The average Bonchev–Trinajstić information content (AvgIpc) is 3.22. The highest BCUT2D eigenvalue weighted by molar-refractivity contribution is 7.15. The average molecular weight is 480 g/mol. The lowest BCUT2D eigenvalue weighted by Crippen LogP contribution is -2.13. The van der Waals surface area contributed by atoms with E-state index in [0.29, 0.717) is 38.7 Å². The lowest BCUT2D eigenvalue weighted by molar-refractivity contribution is -0.113. The predicted octanol–water partition coefficient (Wildman–Crippen LogP) is 6.93. The topological polar surface area (TPSA) is 75.6 Å². The van der Waals surface area contributed by atoms with Crippen LogP contribution in [-0.4, -0.2) is 30.5 Å². The molecule has 3 aromatic rings. The van der Waals surface area contributed by atoms with Gasteiger partial charge in [0.25, 0.3) is 0 Å². The van der Waals surface area contributed by atoms with Crippen LogP contribution < -0.4 is 10.1 Å². The fourth-order valence-corrected chi connectivity index (χ4v) is 3.62. The molecule has 3 rings (SSSR count). The normalized spacial score (nSPS) is 10.6. The van der Waals surface area contributed by atoms with Gasteiger partial charge in [0.1, 0.15) is 22.1 Å². The number of carbonyl (C=O) groups is 2. The second-order valence-corrected chi connectivity index (χ2v) is 7.60. The molecule has 0 aliphatic carbocycles. The smallest absolute Gasteiger partial charge is 0.339 e. The summed E-state index contributed by atoms with van der Waals surface area (Å²) in [6, 6.07) is 11.3. The summed E-state index contributed by atoms with van der Waals surface area (Å²) >= 11 is 7.19. The number of carboxylic acids is 1. The van der Waals surface area contributed by atoms with E-state index in [1.54, 1.807) is 33.0 Å². The number of thiophene rings is 1. The molecule has 172 valence electrons. The van der Waals surface area contributed by atoms with Crippen LogP contribution in [0.15, 0.2) is 47.8 Å². The fraction of sp³-hybridized carbons (Fsp3) is 0.250. The van der Waals surface area contributed by atoms with Crippen LogP contribution in [-0.2, 0) is 4.79 Å². The summed E-state index contributed by atoms with van der Waals surface area (Å²) in [5, 5.41) is 15.2. The molecule has 5 nitrogen and oxygen atoms in total. The van der Waals surface area contributed by atoms with Gasteiger partial charge in [0, 0.05) is 23.0 Å². The van der Waals surface area contributed by atoms with Crippen LogP contribution in [0.25, 0.3) is 11.1 Å². The number of halogens is 2. The second-order valence-electron chi connectivity index (χ2n) is 6.28. The molecule has 1 unspecified atom stereocenters. The number of aldehydes is 1. The van der Waals surface area contributed by atoms with Gasteiger partial charge >= 0.3 is 5.97 Å². The molecule has 0 aliphatic rings. The minimum absolute atomic E-state index is 0.302. The van der Waals surface area contributed by atoms with Crippen molar-refractivity contribution in [3.05, 3.63) is 69.8 Å². The molecule has 32 heavy (non-hydrogen) atoms. The first kappa shape index (κ1) is 27.1. The number of hydrogen-bond donors (Lipinski definition) is 2. The monoisotopic (exact) mass is 479 g/mol. The molecule has 0 saturated carbocycles. The highest BCUT2D eigenvalue weighted by Crippen LogP contribution is 2.35. The number of nitrogens with one attached hydrogen (secondary N) is 1. The number of aryl methyl sites for hydroxylation is 1. The molecule has 0 aliphatic heterocycles. The number of rotatable bonds is 6. The van der Waals surface area contributed by atoms with E-state index in [1.807, 2.05) is 31.4 Å². The zero-order valence-corrected chi connectivity index (χ0v) is 20.2. The maximum absolute atomic E-state index is 12.6. The van der Waals surface area contributed by atoms with Gasteiger partial charge in [0.2, 0.25) is 0 Å². The van der Waals surface area contributed by atoms with Crippen LogP contribution in [0.2, 0.25) is 5.02 Å². The molecule has 0 saturated heterocycles. The van der Waals surface area contributed by atoms with E-state index >= 15 is 0 Å². The Morgan fingerprint density at radius 3 is 2.34 bits per heavy atom. The van der Waals surface area contributed by atoms with E-state index < -0.39 is 12.1 Å². The van der Waals surface area contributed by atoms with E-state index in [9.17, 15) is 19.1 Å². The van der Waals surface area contributed by atoms with Crippen molar-refractivity contribution in [1.82, 2.24) is 0 Å². The maximum Gasteiger partial charge on any atom is 0.339 e. The standard InChI is InChI=1S/C12H10ClNO2S.C10H11FO2.C2H6/c1-14-11-10(12(15)16)9(6-17-11)7-2-4-8(13)5-3-7;1-7-5-9(11)3-4-10(7)13-8(2)6-12;1-2/h2-6,14H,1H3,(H,15,16);3-6,8H,1-2H3;1-2H3. The Kier molecular flexibility index (Phi) is 11.4. The van der Waals surface area contributed by atoms with Gasteiger partial charge < -0.3 is 15.2 Å². The highest BCUT2D eigenvalue weighted by Gasteiger charge is 2.18. The van der Waals surface area contributed by atoms with Crippen molar-refractivity contribution in [3.8, 4) is 16.9 Å². The van der Waals surface area contributed by atoms with Gasteiger partial charge in [-0.25, -0.2) is 9.18 Å². The minimum Gasteiger partial charge on any atom is -0.483 e. The first-order chi connectivity index (χ1) is 15.3. The number of carboxylic acid groups (broad SMARTS) is 1. The van der Waals surface area contributed by atoms with Crippen molar-refractivity contribution in [1.29, 1.82) is 0 Å². The SMILES string of the molecule is CC.CNc1scc(-c2ccc(Cl)cc2)c1C(=O)O.Cc1cc(F)ccc1OC(C)C=O. The molecule has 2 aromatic carbocycles. The molecule has 1 atom stereocenters. The van der Waals surface area contributed by atoms with E-state index in [-0.39, 0.29) is 5.82 Å². The van der Waals surface area contributed by atoms with E-state index in [0.717, 1.165) is 5.56 Å². The fourth-order valence-electron chi connectivity index (χ4n) is 2.57. The van der Waals surface area contributed by atoms with Gasteiger partial charge in [-0.3, -0.25) is 4.79 Å². The molecule has 2 N–H and O–H groups in total. The van der Waals surface area contributed by atoms with Gasteiger partial charge in [-0.05, 0) is 55.3 Å². The van der Waals surface area contributed by atoms with Crippen LogP contribution in [0.4, 0.5) is 9.39 Å².